The van der Waals surface area contributed by atoms with Crippen LogP contribution in [0, 0.1) is 12.8 Å². The molecule has 3 heterocycles. The number of ether oxygens (including phenoxy) is 2. The summed E-state index contributed by atoms with van der Waals surface area (Å²) in [4.78, 5) is 19.8. The Hall–Kier alpha value is -2.84. The van der Waals surface area contributed by atoms with Gasteiger partial charge in [-0.3, -0.25) is 9.69 Å². The molecular formula is C26H28BrN3O4. The van der Waals surface area contributed by atoms with Gasteiger partial charge in [0.15, 0.2) is 11.5 Å². The lowest BCUT2D eigenvalue weighted by atomic mass is 9.95. The largest absolute Gasteiger partial charge is 0.486 e. The number of carbonyl (C=O) groups excluding carboxylic acids is 1. The highest BCUT2D eigenvalue weighted by Gasteiger charge is 2.28. The van der Waals surface area contributed by atoms with Crippen molar-refractivity contribution in [3.05, 3.63) is 64.5 Å². The number of carbonyl (C=O) groups is 1. The Kier molecular flexibility index (Phi) is 6.87. The highest BCUT2D eigenvalue weighted by molar-refractivity contribution is 9.10. The first-order chi connectivity index (χ1) is 16.5. The number of nitrogens with one attached hydrogen (secondary N) is 1. The molecule has 1 N–H and O–H groups in total. The molecule has 0 aliphatic carbocycles. The Balaban J connectivity index is 1.09. The molecule has 0 spiro atoms. The number of piperidine rings is 1. The van der Waals surface area contributed by atoms with Gasteiger partial charge in [0.2, 0.25) is 11.8 Å². The Bertz CT molecular complexity index is 1160. The Morgan fingerprint density at radius 3 is 2.74 bits per heavy atom. The lowest BCUT2D eigenvalue weighted by Crippen LogP contribution is -2.45. The van der Waals surface area contributed by atoms with Crippen molar-refractivity contribution in [3.63, 3.8) is 0 Å². The van der Waals surface area contributed by atoms with Crippen molar-refractivity contribution in [3.8, 4) is 23.0 Å². The summed E-state index contributed by atoms with van der Waals surface area (Å²) in [5, 5.41) is 3.06. The molecule has 1 fully saturated rings. The summed E-state index contributed by atoms with van der Waals surface area (Å²) in [6.45, 7) is 5.28. The van der Waals surface area contributed by atoms with E-state index in [2.05, 4.69) is 26.1 Å². The van der Waals surface area contributed by atoms with E-state index in [-0.39, 0.29) is 17.9 Å². The average Bonchev–Trinajstić information content (AvgIpc) is 3.23. The van der Waals surface area contributed by atoms with E-state index in [1.165, 1.54) is 0 Å². The molecule has 0 radical (unpaired) electrons. The minimum Gasteiger partial charge on any atom is -0.486 e. The maximum atomic E-state index is 12.7. The molecule has 1 saturated heterocycles. The lowest BCUT2D eigenvalue weighted by Gasteiger charge is -2.31. The van der Waals surface area contributed by atoms with Gasteiger partial charge >= 0.3 is 0 Å². The third-order valence-corrected chi connectivity index (χ3v) is 6.86. The number of likely N-dealkylation sites (tertiary alicyclic amines) is 1. The van der Waals surface area contributed by atoms with Crippen molar-refractivity contribution in [2.75, 3.05) is 26.2 Å². The van der Waals surface area contributed by atoms with E-state index in [0.29, 0.717) is 19.0 Å². The second-order valence-corrected chi connectivity index (χ2v) is 9.74. The predicted octanol–water partition coefficient (Wildman–Crippen LogP) is 4.58. The molecule has 2 aliphatic rings. The molecule has 5 rings (SSSR count). The van der Waals surface area contributed by atoms with Crippen LogP contribution in [-0.2, 0) is 11.3 Å². The Morgan fingerprint density at radius 1 is 1.15 bits per heavy atom. The maximum absolute atomic E-state index is 12.7. The molecular weight excluding hydrogens is 498 g/mol. The smallest absolute Gasteiger partial charge is 0.226 e. The van der Waals surface area contributed by atoms with Crippen LogP contribution in [0.1, 0.15) is 24.3 Å². The van der Waals surface area contributed by atoms with Gasteiger partial charge in [0, 0.05) is 22.5 Å². The van der Waals surface area contributed by atoms with Crippen LogP contribution in [0.3, 0.4) is 0 Å². The summed E-state index contributed by atoms with van der Waals surface area (Å²) in [7, 11) is 0. The van der Waals surface area contributed by atoms with E-state index < -0.39 is 0 Å². The second kappa shape index (κ2) is 10.2. The molecule has 1 unspecified atom stereocenters. The van der Waals surface area contributed by atoms with E-state index in [1.807, 2.05) is 55.5 Å². The molecule has 7 nitrogen and oxygen atoms in total. The summed E-state index contributed by atoms with van der Waals surface area (Å²) >= 11 is 3.50. The molecule has 34 heavy (non-hydrogen) atoms. The van der Waals surface area contributed by atoms with Gasteiger partial charge in [-0.25, -0.2) is 4.98 Å². The molecule has 0 bridgehead atoms. The topological polar surface area (TPSA) is 76.8 Å². The first-order valence-corrected chi connectivity index (χ1v) is 12.5. The SMILES string of the molecule is Cc1oc(-c2cccc(Br)c2)nc1CN1CCC(C(=O)NCC2COc3ccccc3O2)CC1. The van der Waals surface area contributed by atoms with Crippen molar-refractivity contribution in [2.24, 2.45) is 5.92 Å². The van der Waals surface area contributed by atoms with E-state index >= 15 is 0 Å². The zero-order chi connectivity index (χ0) is 23.5. The monoisotopic (exact) mass is 525 g/mol. The number of hydrogen-bond donors (Lipinski definition) is 1. The fourth-order valence-electron chi connectivity index (χ4n) is 4.41. The maximum Gasteiger partial charge on any atom is 0.226 e. The van der Waals surface area contributed by atoms with Gasteiger partial charge in [-0.15, -0.1) is 0 Å². The van der Waals surface area contributed by atoms with Crippen molar-refractivity contribution >= 4 is 21.8 Å². The van der Waals surface area contributed by atoms with Gasteiger partial charge in [-0.1, -0.05) is 34.1 Å². The second-order valence-electron chi connectivity index (χ2n) is 8.83. The number of rotatable bonds is 6. The van der Waals surface area contributed by atoms with E-state index in [4.69, 9.17) is 18.9 Å². The van der Waals surface area contributed by atoms with E-state index in [0.717, 1.165) is 65.5 Å². The van der Waals surface area contributed by atoms with Crippen LogP contribution in [0.4, 0.5) is 0 Å². The molecule has 1 amide bonds. The average molecular weight is 526 g/mol. The van der Waals surface area contributed by atoms with E-state index in [9.17, 15) is 4.79 Å². The summed E-state index contributed by atoms with van der Waals surface area (Å²) in [5.74, 6) is 3.07. The highest BCUT2D eigenvalue weighted by Crippen LogP contribution is 2.31. The van der Waals surface area contributed by atoms with Gasteiger partial charge in [-0.2, -0.15) is 0 Å². The number of halogens is 1. The molecule has 178 valence electrons. The fraction of sp³-hybridized carbons (Fsp3) is 0.385. The summed E-state index contributed by atoms with van der Waals surface area (Å²) in [6, 6.07) is 15.6. The van der Waals surface area contributed by atoms with Crippen LogP contribution < -0.4 is 14.8 Å². The summed E-state index contributed by atoms with van der Waals surface area (Å²) in [5.41, 5.74) is 1.91. The fourth-order valence-corrected chi connectivity index (χ4v) is 4.81. The number of aromatic nitrogens is 1. The first-order valence-electron chi connectivity index (χ1n) is 11.7. The number of aryl methyl sites for hydroxylation is 1. The Labute approximate surface area is 207 Å². The minimum absolute atomic E-state index is 0.0173. The Morgan fingerprint density at radius 2 is 1.94 bits per heavy atom. The van der Waals surface area contributed by atoms with Crippen molar-refractivity contribution < 1.29 is 18.7 Å². The summed E-state index contributed by atoms with van der Waals surface area (Å²) in [6.07, 6.45) is 1.48. The normalized spacial score (nSPS) is 18.6. The van der Waals surface area contributed by atoms with Crippen LogP contribution in [-0.4, -0.2) is 48.1 Å². The van der Waals surface area contributed by atoms with E-state index in [1.54, 1.807) is 0 Å². The third-order valence-electron chi connectivity index (χ3n) is 6.37. The number of hydrogen-bond acceptors (Lipinski definition) is 6. The predicted molar refractivity (Wildman–Crippen MR) is 132 cm³/mol. The molecule has 1 aromatic heterocycles. The molecule has 3 aromatic rings. The number of fused-ring (bicyclic) bond motifs is 1. The standard InChI is InChI=1S/C26H28BrN3O4/c1-17-22(29-26(33-17)19-5-4-6-20(27)13-19)15-30-11-9-18(10-12-30)25(31)28-14-21-16-32-23-7-2-3-8-24(23)34-21/h2-8,13,18,21H,9-12,14-16H2,1H3,(H,28,31). The summed E-state index contributed by atoms with van der Waals surface area (Å²) < 4.78 is 18.6. The van der Waals surface area contributed by atoms with Crippen LogP contribution in [0.15, 0.2) is 57.4 Å². The number of amides is 1. The van der Waals surface area contributed by atoms with Gasteiger partial charge in [0.05, 0.1) is 12.2 Å². The number of oxazole rings is 1. The number of nitrogens with zero attached hydrogens (tertiary/aromatic N) is 2. The quantitative estimate of drug-likeness (QED) is 0.507. The van der Waals surface area contributed by atoms with Crippen LogP contribution in [0.5, 0.6) is 11.5 Å². The van der Waals surface area contributed by atoms with Gasteiger partial charge in [0.1, 0.15) is 18.5 Å². The van der Waals surface area contributed by atoms with Gasteiger partial charge in [0.25, 0.3) is 0 Å². The molecule has 0 saturated carbocycles. The minimum atomic E-state index is -0.173. The zero-order valence-corrected chi connectivity index (χ0v) is 20.7. The third kappa shape index (κ3) is 5.28. The number of benzene rings is 2. The van der Waals surface area contributed by atoms with Gasteiger partial charge < -0.3 is 19.2 Å². The van der Waals surface area contributed by atoms with Crippen LogP contribution in [0.2, 0.25) is 0 Å². The molecule has 1 atom stereocenters. The lowest BCUT2D eigenvalue weighted by molar-refractivity contribution is -0.127. The first kappa shape index (κ1) is 22.9. The molecule has 2 aromatic carbocycles. The van der Waals surface area contributed by atoms with Crippen LogP contribution >= 0.6 is 15.9 Å². The van der Waals surface area contributed by atoms with Crippen molar-refractivity contribution in [1.29, 1.82) is 0 Å². The van der Waals surface area contributed by atoms with Crippen molar-refractivity contribution in [2.45, 2.75) is 32.4 Å². The van der Waals surface area contributed by atoms with Crippen molar-refractivity contribution in [1.82, 2.24) is 15.2 Å². The zero-order valence-electron chi connectivity index (χ0n) is 19.1. The van der Waals surface area contributed by atoms with Gasteiger partial charge in [-0.05, 0) is 63.2 Å². The highest BCUT2D eigenvalue weighted by atomic mass is 79.9. The number of para-hydroxylation sites is 2. The van der Waals surface area contributed by atoms with Crippen LogP contribution in [0.25, 0.3) is 11.5 Å². The molecule has 2 aliphatic heterocycles. The molecule has 8 heteroatoms.